The number of carbonyl (C=O) groups excluding carboxylic acids is 4. The summed E-state index contributed by atoms with van der Waals surface area (Å²) in [6.45, 7) is 7.93. The van der Waals surface area contributed by atoms with E-state index in [1.165, 1.54) is 6.07 Å². The molecule has 2 atom stereocenters. The van der Waals surface area contributed by atoms with Crippen LogP contribution in [0.15, 0.2) is 34.7 Å². The topological polar surface area (TPSA) is 141 Å². The highest BCUT2D eigenvalue weighted by molar-refractivity contribution is 5.96. The number of nitrogens with zero attached hydrogens (tertiary/aromatic N) is 1. The number of furan rings is 1. The van der Waals surface area contributed by atoms with Gasteiger partial charge in [0.05, 0.1) is 18.6 Å². The van der Waals surface area contributed by atoms with E-state index in [4.69, 9.17) is 4.42 Å². The number of benzene rings is 1. The summed E-state index contributed by atoms with van der Waals surface area (Å²) in [6, 6.07) is 7.84. The van der Waals surface area contributed by atoms with Crippen molar-refractivity contribution >= 4 is 24.1 Å². The molecule has 0 unspecified atom stereocenters. The fourth-order valence-electron chi connectivity index (χ4n) is 4.22. The van der Waals surface area contributed by atoms with Crippen molar-refractivity contribution in [1.29, 1.82) is 0 Å². The van der Waals surface area contributed by atoms with E-state index < -0.39 is 17.9 Å². The van der Waals surface area contributed by atoms with Crippen LogP contribution >= 0.6 is 0 Å². The zero-order valence-electron chi connectivity index (χ0n) is 22.0. The number of amides is 4. The minimum Gasteiger partial charge on any atom is -0.451 e. The van der Waals surface area contributed by atoms with E-state index in [0.29, 0.717) is 42.2 Å². The quantitative estimate of drug-likeness (QED) is 0.0940. The van der Waals surface area contributed by atoms with Gasteiger partial charge in [0.1, 0.15) is 5.76 Å². The zero-order valence-corrected chi connectivity index (χ0v) is 22.0. The molecule has 0 spiro atoms. The lowest BCUT2D eigenvalue weighted by atomic mass is 9.90. The minimum atomic E-state index is -0.652. The van der Waals surface area contributed by atoms with Gasteiger partial charge in [-0.2, -0.15) is 0 Å². The maximum Gasteiger partial charge on any atom is 0.288 e. The Hall–Kier alpha value is -3.66. The first kappa shape index (κ1) is 29.6. The summed E-state index contributed by atoms with van der Waals surface area (Å²) in [4.78, 5) is 48.6. The number of hydrogen-bond acceptors (Lipinski definition) is 6. The van der Waals surface area contributed by atoms with Crippen molar-refractivity contribution < 1.29 is 28.8 Å². The summed E-state index contributed by atoms with van der Waals surface area (Å²) in [7, 11) is 0. The van der Waals surface area contributed by atoms with E-state index in [-0.39, 0.29) is 24.2 Å². The molecule has 10 heteroatoms. The van der Waals surface area contributed by atoms with Gasteiger partial charge in [-0.15, -0.1) is 0 Å². The molecule has 4 N–H and O–H groups in total. The van der Waals surface area contributed by atoms with Crippen LogP contribution in [0.4, 0.5) is 0 Å². The summed E-state index contributed by atoms with van der Waals surface area (Å²) < 4.78 is 5.70. The van der Waals surface area contributed by atoms with Gasteiger partial charge in [0, 0.05) is 17.7 Å². The molecule has 4 amide bonds. The molecule has 0 fully saturated rings. The normalized spacial score (nSPS) is 12.4. The first-order valence-electron chi connectivity index (χ1n) is 12.7. The van der Waals surface area contributed by atoms with Crippen LogP contribution in [0.5, 0.6) is 0 Å². The summed E-state index contributed by atoms with van der Waals surface area (Å²) in [5, 5.41) is 18.5. The Labute approximate surface area is 217 Å². The second kappa shape index (κ2) is 14.8. The van der Waals surface area contributed by atoms with Crippen LogP contribution in [0, 0.1) is 12.8 Å². The Morgan fingerprint density at radius 2 is 1.78 bits per heavy atom. The summed E-state index contributed by atoms with van der Waals surface area (Å²) in [5.41, 5.74) is 2.08. The number of rotatable bonds is 15. The standard InChI is InChI=1S/C27H38N4O6/c1-5-8-9-10-21(22(6-2)31(36)17-32)26(34)29-16-30-27(35)24-14-13-23(37-24)19-11-12-20(18(4)15-19)25(33)28-7-3/h11-15,17,21-22,36H,5-10,16H2,1-4H3,(H,28,33)(H,29,34)(H,30,35)/t21-,22-/m1/s1. The van der Waals surface area contributed by atoms with Gasteiger partial charge in [-0.1, -0.05) is 39.2 Å². The highest BCUT2D eigenvalue weighted by Gasteiger charge is 2.30. The van der Waals surface area contributed by atoms with E-state index in [1.807, 2.05) is 26.8 Å². The van der Waals surface area contributed by atoms with Crippen molar-refractivity contribution in [1.82, 2.24) is 21.0 Å². The van der Waals surface area contributed by atoms with Crippen LogP contribution in [0.3, 0.4) is 0 Å². The van der Waals surface area contributed by atoms with Crippen molar-refractivity contribution in [3.63, 3.8) is 0 Å². The van der Waals surface area contributed by atoms with Crippen LogP contribution in [0.2, 0.25) is 0 Å². The molecule has 0 aliphatic rings. The van der Waals surface area contributed by atoms with Crippen molar-refractivity contribution in [2.45, 2.75) is 65.8 Å². The first-order valence-corrected chi connectivity index (χ1v) is 12.7. The molecule has 2 rings (SSSR count). The summed E-state index contributed by atoms with van der Waals surface area (Å²) in [6.07, 6.45) is 3.91. The fourth-order valence-corrected chi connectivity index (χ4v) is 4.22. The van der Waals surface area contributed by atoms with Gasteiger partial charge in [0.25, 0.3) is 11.8 Å². The maximum atomic E-state index is 12.8. The summed E-state index contributed by atoms with van der Waals surface area (Å²) >= 11 is 0. The first-order chi connectivity index (χ1) is 17.8. The van der Waals surface area contributed by atoms with Gasteiger partial charge in [-0.3, -0.25) is 24.4 Å². The highest BCUT2D eigenvalue weighted by Crippen LogP contribution is 2.25. The van der Waals surface area contributed by atoms with E-state index >= 15 is 0 Å². The lowest BCUT2D eigenvalue weighted by molar-refractivity contribution is -0.168. The van der Waals surface area contributed by atoms with Crippen LogP contribution in [0.25, 0.3) is 11.3 Å². The van der Waals surface area contributed by atoms with E-state index in [9.17, 15) is 24.4 Å². The smallest absolute Gasteiger partial charge is 0.288 e. The van der Waals surface area contributed by atoms with Gasteiger partial charge >= 0.3 is 0 Å². The van der Waals surface area contributed by atoms with Gasteiger partial charge in [-0.25, -0.2) is 5.06 Å². The van der Waals surface area contributed by atoms with Crippen LogP contribution in [-0.4, -0.2) is 53.7 Å². The van der Waals surface area contributed by atoms with Crippen molar-refractivity contribution in [2.24, 2.45) is 5.92 Å². The lowest BCUT2D eigenvalue weighted by Gasteiger charge is -2.29. The third-order valence-electron chi connectivity index (χ3n) is 6.22. The molecule has 1 aromatic heterocycles. The molecule has 0 aliphatic heterocycles. The van der Waals surface area contributed by atoms with Crippen molar-refractivity contribution in [3.8, 4) is 11.3 Å². The van der Waals surface area contributed by atoms with Crippen LogP contribution in [0.1, 0.15) is 79.4 Å². The molecule has 202 valence electrons. The van der Waals surface area contributed by atoms with Gasteiger partial charge in [-0.05, 0) is 56.5 Å². The third kappa shape index (κ3) is 8.18. The Kier molecular flexibility index (Phi) is 11.8. The zero-order chi connectivity index (χ0) is 27.4. The summed E-state index contributed by atoms with van der Waals surface area (Å²) in [5.74, 6) is -1.07. The largest absolute Gasteiger partial charge is 0.451 e. The third-order valence-corrected chi connectivity index (χ3v) is 6.22. The molecular weight excluding hydrogens is 476 g/mol. The van der Waals surface area contributed by atoms with Gasteiger partial charge in [0.15, 0.2) is 5.76 Å². The minimum absolute atomic E-state index is 0.0723. The van der Waals surface area contributed by atoms with Crippen LogP contribution < -0.4 is 16.0 Å². The lowest BCUT2D eigenvalue weighted by Crippen LogP contribution is -2.47. The second-order valence-corrected chi connectivity index (χ2v) is 8.84. The molecule has 0 bridgehead atoms. The molecule has 0 saturated carbocycles. The molecular formula is C27H38N4O6. The number of carbonyl (C=O) groups is 4. The predicted molar refractivity (Wildman–Crippen MR) is 139 cm³/mol. The maximum absolute atomic E-state index is 12.8. The predicted octanol–water partition coefficient (Wildman–Crippen LogP) is 3.63. The Bertz CT molecular complexity index is 1070. The molecule has 1 heterocycles. The highest BCUT2D eigenvalue weighted by atomic mass is 16.5. The Morgan fingerprint density at radius 3 is 2.41 bits per heavy atom. The monoisotopic (exact) mass is 514 g/mol. The molecule has 0 aliphatic carbocycles. The van der Waals surface area contributed by atoms with Crippen LogP contribution in [-0.2, 0) is 9.59 Å². The van der Waals surface area contributed by atoms with E-state index in [1.54, 1.807) is 25.1 Å². The fraction of sp³-hybridized carbons (Fsp3) is 0.481. The van der Waals surface area contributed by atoms with E-state index in [2.05, 4.69) is 16.0 Å². The molecule has 37 heavy (non-hydrogen) atoms. The number of nitrogens with one attached hydrogen (secondary N) is 3. The molecule has 10 nitrogen and oxygen atoms in total. The molecule has 0 radical (unpaired) electrons. The molecule has 0 saturated heterocycles. The molecule has 1 aromatic carbocycles. The number of hydrogen-bond donors (Lipinski definition) is 4. The number of unbranched alkanes of at least 4 members (excludes halogenated alkanes) is 2. The second-order valence-electron chi connectivity index (χ2n) is 8.84. The number of aryl methyl sites for hydroxylation is 1. The van der Waals surface area contributed by atoms with Crippen molar-refractivity contribution in [2.75, 3.05) is 13.2 Å². The van der Waals surface area contributed by atoms with Crippen molar-refractivity contribution in [3.05, 3.63) is 47.2 Å². The average Bonchev–Trinajstić information content (AvgIpc) is 3.38. The van der Waals surface area contributed by atoms with E-state index in [0.717, 1.165) is 30.4 Å². The average molecular weight is 515 g/mol. The Morgan fingerprint density at radius 1 is 1.03 bits per heavy atom. The van der Waals surface area contributed by atoms with Gasteiger partial charge in [0.2, 0.25) is 12.3 Å². The van der Waals surface area contributed by atoms with Gasteiger partial charge < -0.3 is 20.4 Å². The number of hydroxylamine groups is 2. The molecule has 2 aromatic rings. The SMILES string of the molecule is CCCCC[C@@H](C(=O)NCNC(=O)c1ccc(-c2ccc(C(=O)NCC)c(C)c2)o1)[C@@H](CC)N(O)C=O. The Balaban J connectivity index is 2.00.